The van der Waals surface area contributed by atoms with Crippen LogP contribution < -0.4 is 15.4 Å². The van der Waals surface area contributed by atoms with Crippen LogP contribution in [0.1, 0.15) is 6.42 Å². The van der Waals surface area contributed by atoms with Crippen LogP contribution in [0.5, 0.6) is 5.75 Å². The van der Waals surface area contributed by atoms with Gasteiger partial charge in [-0.05, 0) is 48.5 Å². The molecule has 3 rings (SSSR count). The summed E-state index contributed by atoms with van der Waals surface area (Å²) in [6, 6.07) is 20.4. The molecule has 2 aromatic carbocycles. The number of ether oxygens (including phenoxy) is 1. The predicted molar refractivity (Wildman–Crippen MR) is 104 cm³/mol. The lowest BCUT2D eigenvalue weighted by Gasteiger charge is -2.09. The monoisotopic (exact) mass is 367 g/mol. The fourth-order valence-corrected chi connectivity index (χ4v) is 2.35. The van der Waals surface area contributed by atoms with E-state index < -0.39 is 0 Å². The molecule has 0 saturated heterocycles. The van der Waals surface area contributed by atoms with E-state index in [9.17, 15) is 4.79 Å². The molecule has 0 radical (unpaired) electrons. The zero-order valence-corrected chi connectivity index (χ0v) is 14.7. The lowest BCUT2D eigenvalue weighted by Crippen LogP contribution is -2.15. The average molecular weight is 368 g/mol. The molecule has 26 heavy (non-hydrogen) atoms. The van der Waals surface area contributed by atoms with Crippen molar-refractivity contribution < 1.29 is 9.53 Å². The second-order valence-electron chi connectivity index (χ2n) is 5.52. The molecular weight excluding hydrogens is 350 g/mol. The largest absolute Gasteiger partial charge is 0.493 e. The Morgan fingerprint density at radius 1 is 0.962 bits per heavy atom. The Balaban J connectivity index is 1.46. The fraction of sp³-hybridized carbons (Fsp3) is 0.100. The van der Waals surface area contributed by atoms with Crippen molar-refractivity contribution in [3.63, 3.8) is 0 Å². The van der Waals surface area contributed by atoms with Gasteiger partial charge in [-0.15, -0.1) is 0 Å². The van der Waals surface area contributed by atoms with E-state index in [-0.39, 0.29) is 12.3 Å². The highest BCUT2D eigenvalue weighted by Gasteiger charge is 2.04. The number of halogens is 1. The van der Waals surface area contributed by atoms with E-state index in [1.807, 2.05) is 60.7 Å². The second kappa shape index (κ2) is 8.87. The number of hydrogen-bond donors (Lipinski definition) is 2. The van der Waals surface area contributed by atoms with Gasteiger partial charge in [0.05, 0.1) is 24.9 Å². The van der Waals surface area contributed by atoms with Crippen LogP contribution in [-0.4, -0.2) is 17.5 Å². The highest BCUT2D eigenvalue weighted by Crippen LogP contribution is 2.19. The molecule has 0 aliphatic heterocycles. The molecule has 0 aliphatic rings. The average Bonchev–Trinajstić information content (AvgIpc) is 2.66. The maximum atomic E-state index is 12.0. The van der Waals surface area contributed by atoms with E-state index in [4.69, 9.17) is 16.3 Å². The van der Waals surface area contributed by atoms with E-state index in [1.165, 1.54) is 0 Å². The second-order valence-corrected chi connectivity index (χ2v) is 5.96. The molecule has 0 saturated carbocycles. The van der Waals surface area contributed by atoms with Crippen molar-refractivity contribution in [3.8, 4) is 5.75 Å². The third-order valence-electron chi connectivity index (χ3n) is 3.50. The molecule has 3 aromatic rings. The maximum Gasteiger partial charge on any atom is 0.228 e. The number of carbonyl (C=O) groups excluding carboxylic acids is 1. The molecule has 1 aromatic heterocycles. The van der Waals surface area contributed by atoms with Gasteiger partial charge in [-0.3, -0.25) is 4.79 Å². The summed E-state index contributed by atoms with van der Waals surface area (Å²) in [7, 11) is 0. The molecule has 5 nitrogen and oxygen atoms in total. The van der Waals surface area contributed by atoms with Crippen LogP contribution in [0.25, 0.3) is 0 Å². The van der Waals surface area contributed by atoms with Crippen molar-refractivity contribution in [2.75, 3.05) is 17.2 Å². The third kappa shape index (κ3) is 5.50. The Bertz CT molecular complexity index is 837. The fourth-order valence-electron chi connectivity index (χ4n) is 2.23. The van der Waals surface area contributed by atoms with Gasteiger partial charge in [-0.1, -0.05) is 29.8 Å². The van der Waals surface area contributed by atoms with Crippen molar-refractivity contribution in [3.05, 3.63) is 77.9 Å². The van der Waals surface area contributed by atoms with Crippen molar-refractivity contribution >= 4 is 34.7 Å². The molecule has 6 heteroatoms. The van der Waals surface area contributed by atoms with Gasteiger partial charge in [0.2, 0.25) is 5.91 Å². The number of pyridine rings is 1. The van der Waals surface area contributed by atoms with Crippen LogP contribution in [0.15, 0.2) is 72.9 Å². The van der Waals surface area contributed by atoms with Gasteiger partial charge in [0.25, 0.3) is 0 Å². The summed E-state index contributed by atoms with van der Waals surface area (Å²) in [6.45, 7) is 0.312. The van der Waals surface area contributed by atoms with Crippen LogP contribution in [-0.2, 0) is 4.79 Å². The predicted octanol–water partition coefficient (Wildman–Crippen LogP) is 4.89. The standard InChI is InChI=1S/C20H18ClN3O2/c21-15-6-8-16(9-7-15)23-17-10-11-19(22-14-17)24-20(25)12-13-26-18-4-2-1-3-5-18/h1-11,14,23H,12-13H2,(H,22,24,25). The van der Waals surface area contributed by atoms with E-state index >= 15 is 0 Å². The van der Waals surface area contributed by atoms with Crippen molar-refractivity contribution in [2.24, 2.45) is 0 Å². The van der Waals surface area contributed by atoms with Crippen molar-refractivity contribution in [1.82, 2.24) is 4.98 Å². The lowest BCUT2D eigenvalue weighted by atomic mass is 10.3. The Kier molecular flexibility index (Phi) is 6.06. The lowest BCUT2D eigenvalue weighted by molar-refractivity contribution is -0.116. The topological polar surface area (TPSA) is 63.2 Å². The molecule has 2 N–H and O–H groups in total. The van der Waals surface area contributed by atoms with Crippen LogP contribution in [0, 0.1) is 0 Å². The van der Waals surface area contributed by atoms with Gasteiger partial charge in [0.15, 0.2) is 0 Å². The molecule has 1 amide bonds. The van der Waals surface area contributed by atoms with E-state index in [1.54, 1.807) is 12.3 Å². The van der Waals surface area contributed by atoms with E-state index in [2.05, 4.69) is 15.6 Å². The number of aromatic nitrogens is 1. The van der Waals surface area contributed by atoms with Crippen LogP contribution in [0.2, 0.25) is 5.02 Å². The SMILES string of the molecule is O=C(CCOc1ccccc1)Nc1ccc(Nc2ccc(Cl)cc2)cn1. The first-order valence-electron chi connectivity index (χ1n) is 8.15. The Morgan fingerprint density at radius 2 is 1.69 bits per heavy atom. The van der Waals surface area contributed by atoms with Gasteiger partial charge >= 0.3 is 0 Å². The zero-order valence-electron chi connectivity index (χ0n) is 14.0. The molecule has 132 valence electrons. The molecular formula is C20H18ClN3O2. The summed E-state index contributed by atoms with van der Waals surface area (Å²) >= 11 is 5.87. The maximum absolute atomic E-state index is 12.0. The van der Waals surface area contributed by atoms with Crippen LogP contribution in [0.3, 0.4) is 0 Å². The quantitative estimate of drug-likeness (QED) is 0.624. The minimum atomic E-state index is -0.146. The summed E-state index contributed by atoms with van der Waals surface area (Å²) in [5, 5.41) is 6.65. The molecule has 0 atom stereocenters. The summed E-state index contributed by atoms with van der Waals surface area (Å²) in [5.74, 6) is 1.10. The van der Waals surface area contributed by atoms with Crippen LogP contribution >= 0.6 is 11.6 Å². The molecule has 0 fully saturated rings. The zero-order chi connectivity index (χ0) is 18.2. The van der Waals surface area contributed by atoms with Gasteiger partial charge < -0.3 is 15.4 Å². The minimum absolute atomic E-state index is 0.146. The first kappa shape index (κ1) is 17.8. The first-order chi connectivity index (χ1) is 12.7. The smallest absolute Gasteiger partial charge is 0.228 e. The highest BCUT2D eigenvalue weighted by atomic mass is 35.5. The van der Waals surface area contributed by atoms with Gasteiger partial charge in [0.1, 0.15) is 11.6 Å². The van der Waals surface area contributed by atoms with Gasteiger partial charge in [-0.2, -0.15) is 0 Å². The molecule has 0 unspecified atom stereocenters. The molecule has 0 spiro atoms. The number of benzene rings is 2. The number of carbonyl (C=O) groups is 1. The summed E-state index contributed by atoms with van der Waals surface area (Å²) in [6.07, 6.45) is 1.91. The van der Waals surface area contributed by atoms with Gasteiger partial charge in [0, 0.05) is 10.7 Å². The number of hydrogen-bond acceptors (Lipinski definition) is 4. The number of rotatable bonds is 7. The van der Waals surface area contributed by atoms with E-state index in [0.717, 1.165) is 17.1 Å². The number of para-hydroxylation sites is 1. The Hall–Kier alpha value is -3.05. The van der Waals surface area contributed by atoms with Gasteiger partial charge in [-0.25, -0.2) is 4.98 Å². The first-order valence-corrected chi connectivity index (χ1v) is 8.53. The normalized spacial score (nSPS) is 10.2. The number of amides is 1. The van der Waals surface area contributed by atoms with Crippen molar-refractivity contribution in [1.29, 1.82) is 0 Å². The number of nitrogens with zero attached hydrogens (tertiary/aromatic N) is 1. The molecule has 0 bridgehead atoms. The molecule has 1 heterocycles. The van der Waals surface area contributed by atoms with Crippen molar-refractivity contribution in [2.45, 2.75) is 6.42 Å². The van der Waals surface area contributed by atoms with E-state index in [0.29, 0.717) is 17.4 Å². The summed E-state index contributed by atoms with van der Waals surface area (Å²) in [4.78, 5) is 16.2. The minimum Gasteiger partial charge on any atom is -0.493 e. The number of anilines is 3. The Morgan fingerprint density at radius 3 is 2.38 bits per heavy atom. The molecule has 0 aliphatic carbocycles. The third-order valence-corrected chi connectivity index (χ3v) is 3.76. The highest BCUT2D eigenvalue weighted by molar-refractivity contribution is 6.30. The van der Waals surface area contributed by atoms with Crippen LogP contribution in [0.4, 0.5) is 17.2 Å². The summed E-state index contributed by atoms with van der Waals surface area (Å²) < 4.78 is 5.51. The Labute approximate surface area is 157 Å². The number of nitrogens with one attached hydrogen (secondary N) is 2. The summed E-state index contributed by atoms with van der Waals surface area (Å²) in [5.41, 5.74) is 1.73.